The van der Waals surface area contributed by atoms with E-state index in [0.717, 1.165) is 61.5 Å². The molecule has 0 spiro atoms. The summed E-state index contributed by atoms with van der Waals surface area (Å²) in [6.07, 6.45) is 18.0. The number of carbonyl (C=O) groups excluding carboxylic acids is 2. The fraction of sp³-hybridized carbons (Fsp3) is 0.850. The first-order valence-corrected chi connectivity index (χ1v) is 21.2. The van der Waals surface area contributed by atoms with Crippen LogP contribution in [0.4, 0.5) is 0 Å². The van der Waals surface area contributed by atoms with E-state index in [9.17, 15) is 29.4 Å². The van der Waals surface area contributed by atoms with Crippen LogP contribution in [0.5, 0.6) is 0 Å². The van der Waals surface area contributed by atoms with Gasteiger partial charge in [0.2, 0.25) is 11.8 Å². The Labute approximate surface area is 331 Å². The van der Waals surface area contributed by atoms with E-state index in [2.05, 4.69) is 23.8 Å². The van der Waals surface area contributed by atoms with Gasteiger partial charge in [0.1, 0.15) is 0 Å². The van der Waals surface area contributed by atoms with Crippen LogP contribution in [0.1, 0.15) is 195 Å². The van der Waals surface area contributed by atoms with E-state index in [1.165, 1.54) is 51.4 Å². The molecule has 0 aromatic carbocycles. The number of carboxylic acid groups (broad SMARTS) is 2. The summed E-state index contributed by atoms with van der Waals surface area (Å²) in [5, 5.41) is 23.1. The molecule has 0 radical (unpaired) electrons. The summed E-state index contributed by atoms with van der Waals surface area (Å²) >= 11 is 0. The summed E-state index contributed by atoms with van der Waals surface area (Å²) in [6.45, 7) is 7.78. The molecule has 0 rings (SSSR count). The van der Waals surface area contributed by atoms with E-state index in [1.807, 2.05) is 0 Å². The van der Waals surface area contributed by atoms with Gasteiger partial charge in [0.15, 0.2) is 23.0 Å². The molecule has 2 atom stereocenters. The van der Waals surface area contributed by atoms with Gasteiger partial charge in [0.25, 0.3) is 0 Å². The van der Waals surface area contributed by atoms with Crippen LogP contribution >= 0.6 is 0 Å². The first-order chi connectivity index (χ1) is 26.3. The van der Waals surface area contributed by atoms with Crippen molar-refractivity contribution in [1.82, 2.24) is 10.1 Å². The van der Waals surface area contributed by atoms with Gasteiger partial charge in [-0.3, -0.25) is 19.6 Å². The van der Waals surface area contributed by atoms with Gasteiger partial charge in [0, 0.05) is 25.9 Å². The number of nitrogens with two attached hydrogens (primary N) is 4. The molecule has 0 aromatic heterocycles. The third kappa shape index (κ3) is 20.2. The topological polar surface area (TPSA) is 253 Å². The second-order valence-corrected chi connectivity index (χ2v) is 14.8. The van der Waals surface area contributed by atoms with E-state index in [0.29, 0.717) is 12.8 Å². The minimum absolute atomic E-state index is 0.0459. The van der Waals surface area contributed by atoms with Crippen molar-refractivity contribution in [2.45, 2.75) is 206 Å². The van der Waals surface area contributed by atoms with Crippen LogP contribution in [-0.4, -0.2) is 80.2 Å². The quantitative estimate of drug-likeness (QED) is 0.0165. The highest BCUT2D eigenvalue weighted by molar-refractivity contribution is 5.88. The molecular formula is C40H78N8O7. The Morgan fingerprint density at radius 3 is 1.04 bits per heavy atom. The average molecular weight is 783 g/mol. The zero-order chi connectivity index (χ0) is 41.5. The lowest BCUT2D eigenvalue weighted by atomic mass is 9.88. The predicted octanol–water partition coefficient (Wildman–Crippen LogP) is 6.91. The van der Waals surface area contributed by atoms with Gasteiger partial charge in [-0.2, -0.15) is 10.1 Å². The van der Waals surface area contributed by atoms with Gasteiger partial charge in [-0.05, 0) is 51.4 Å². The number of guanidine groups is 2. The monoisotopic (exact) mass is 783 g/mol. The van der Waals surface area contributed by atoms with Crippen LogP contribution in [0.15, 0.2) is 9.98 Å². The second-order valence-electron chi connectivity index (χ2n) is 14.8. The molecule has 0 saturated carbocycles. The molecule has 2 amide bonds. The molecule has 0 aliphatic heterocycles. The third-order valence-electron chi connectivity index (χ3n) is 10.4. The fourth-order valence-electron chi connectivity index (χ4n) is 6.88. The summed E-state index contributed by atoms with van der Waals surface area (Å²) in [5.41, 5.74) is 18.1. The van der Waals surface area contributed by atoms with Gasteiger partial charge in [-0.15, -0.1) is 4.94 Å². The van der Waals surface area contributed by atoms with Gasteiger partial charge in [-0.1, -0.05) is 130 Å². The molecule has 15 heteroatoms. The van der Waals surface area contributed by atoms with Gasteiger partial charge in [0.05, 0.1) is 0 Å². The highest BCUT2D eigenvalue weighted by Crippen LogP contribution is 2.34. The summed E-state index contributed by atoms with van der Waals surface area (Å²) in [5.74, 6) is -4.31. The lowest BCUT2D eigenvalue weighted by Gasteiger charge is -2.45. The van der Waals surface area contributed by atoms with E-state index in [1.54, 1.807) is 13.8 Å². The van der Waals surface area contributed by atoms with Crippen molar-refractivity contribution in [3.05, 3.63) is 0 Å². The van der Waals surface area contributed by atoms with E-state index < -0.39 is 34.8 Å². The third-order valence-corrected chi connectivity index (χ3v) is 10.4. The number of hydrogen-bond donors (Lipinski definition) is 6. The number of hydroxylamine groups is 4. The van der Waals surface area contributed by atoms with Crippen LogP contribution in [0.2, 0.25) is 0 Å². The Kier molecular flexibility index (Phi) is 28.6. The molecule has 15 nitrogen and oxygen atoms in total. The molecule has 320 valence electrons. The largest absolute Gasteiger partial charge is 0.479 e. The first kappa shape index (κ1) is 51.4. The Morgan fingerprint density at radius 1 is 0.491 bits per heavy atom. The smallest absolute Gasteiger partial charge is 0.332 e. The maximum Gasteiger partial charge on any atom is 0.332 e. The standard InChI is InChI=1S/C40H78N8O7/c1-5-9-11-13-15-17-19-21-23-27-33(49)47(39(7-3,35(51)52)29-25-31-45-37(41)42)55-48(34(50)28-24-22-20-18-16-14-12-10-6-2)40(8-4,36(53)54)30-26-32-46-38(43)44/h5-32H2,1-4H3,(H,51,52)(H,53,54)(H4,41,42,45)(H4,43,44,46)/t39-,40-/m0/s1. The zero-order valence-corrected chi connectivity index (χ0v) is 34.8. The SMILES string of the molecule is CCCCCCCCCCCC(=O)N(ON(C(=O)CCCCCCCCCCC)[C@@](CC)(CCCN=C(N)N)C(=O)O)[C@@](CC)(CCCN=C(N)N)C(=O)O. The van der Waals surface area contributed by atoms with E-state index >= 15 is 0 Å². The molecule has 0 saturated heterocycles. The van der Waals surface area contributed by atoms with E-state index in [-0.39, 0.29) is 76.4 Å². The van der Waals surface area contributed by atoms with Crippen molar-refractivity contribution in [2.24, 2.45) is 32.9 Å². The molecule has 55 heavy (non-hydrogen) atoms. The minimum Gasteiger partial charge on any atom is -0.479 e. The van der Waals surface area contributed by atoms with Crippen molar-refractivity contribution in [1.29, 1.82) is 0 Å². The Hall–Kier alpha value is -3.62. The lowest BCUT2D eigenvalue weighted by molar-refractivity contribution is -0.350. The summed E-state index contributed by atoms with van der Waals surface area (Å²) in [6, 6.07) is 0. The molecular weight excluding hydrogens is 704 g/mol. The molecule has 0 bridgehead atoms. The summed E-state index contributed by atoms with van der Waals surface area (Å²) in [7, 11) is 0. The van der Waals surface area contributed by atoms with Crippen LogP contribution in [0, 0.1) is 0 Å². The highest BCUT2D eigenvalue weighted by atomic mass is 16.9. The van der Waals surface area contributed by atoms with Crippen LogP contribution in [0.3, 0.4) is 0 Å². The molecule has 10 N–H and O–H groups in total. The van der Waals surface area contributed by atoms with Crippen molar-refractivity contribution in [3.63, 3.8) is 0 Å². The molecule has 0 aliphatic carbocycles. The van der Waals surface area contributed by atoms with Crippen LogP contribution < -0.4 is 22.9 Å². The number of carboxylic acids is 2. The Balaban J connectivity index is 6.67. The molecule has 0 fully saturated rings. The number of aliphatic imine (C=N–C) groups is 2. The summed E-state index contributed by atoms with van der Waals surface area (Å²) < 4.78 is 0. The number of unbranched alkanes of at least 4 members (excludes halogenated alkanes) is 16. The number of carbonyl (C=O) groups is 4. The van der Waals surface area contributed by atoms with Crippen molar-refractivity contribution >= 4 is 35.7 Å². The highest BCUT2D eigenvalue weighted by Gasteiger charge is 2.52. The average Bonchev–Trinajstić information content (AvgIpc) is 3.14. The maximum atomic E-state index is 14.2. The molecule has 0 aromatic rings. The van der Waals surface area contributed by atoms with Crippen molar-refractivity contribution in [2.75, 3.05) is 13.1 Å². The Morgan fingerprint density at radius 2 is 0.782 bits per heavy atom. The Bertz CT molecular complexity index is 1060. The van der Waals surface area contributed by atoms with Gasteiger partial charge < -0.3 is 33.1 Å². The second kappa shape index (κ2) is 30.6. The molecule has 0 aliphatic rings. The summed E-state index contributed by atoms with van der Waals surface area (Å²) in [4.78, 5) is 69.3. The van der Waals surface area contributed by atoms with Crippen molar-refractivity contribution in [3.8, 4) is 0 Å². The molecule has 0 unspecified atom stereocenters. The van der Waals surface area contributed by atoms with Crippen LogP contribution in [0.25, 0.3) is 0 Å². The first-order valence-electron chi connectivity index (χ1n) is 21.2. The maximum absolute atomic E-state index is 14.2. The number of nitrogens with zero attached hydrogens (tertiary/aromatic N) is 4. The lowest BCUT2D eigenvalue weighted by Crippen LogP contribution is -2.64. The van der Waals surface area contributed by atoms with Crippen molar-refractivity contribution < 1.29 is 34.3 Å². The van der Waals surface area contributed by atoms with Gasteiger partial charge >= 0.3 is 11.9 Å². The normalized spacial score (nSPS) is 13.3. The minimum atomic E-state index is -1.96. The fourth-order valence-corrected chi connectivity index (χ4v) is 6.88. The number of hydrogen-bond acceptors (Lipinski definition) is 7. The molecule has 0 heterocycles. The zero-order valence-electron chi connectivity index (χ0n) is 34.8. The van der Waals surface area contributed by atoms with Crippen LogP contribution in [-0.2, 0) is 24.1 Å². The van der Waals surface area contributed by atoms with E-state index in [4.69, 9.17) is 27.9 Å². The predicted molar refractivity (Wildman–Crippen MR) is 220 cm³/mol. The number of aliphatic carboxylic acids is 2. The number of amides is 2. The number of rotatable bonds is 36. The van der Waals surface area contributed by atoms with Gasteiger partial charge in [-0.25, -0.2) is 9.59 Å².